The lowest BCUT2D eigenvalue weighted by molar-refractivity contribution is -0.476. The first-order chi connectivity index (χ1) is 6.20. The molecule has 14 heavy (non-hydrogen) atoms. The molecule has 0 aromatic carbocycles. The Bertz CT molecular complexity index is 195. The summed E-state index contributed by atoms with van der Waals surface area (Å²) in [4.78, 5) is 11.1. The highest BCUT2D eigenvalue weighted by Crippen LogP contribution is 2.41. The Morgan fingerprint density at radius 2 is 1.71 bits per heavy atom. The van der Waals surface area contributed by atoms with Crippen molar-refractivity contribution in [2.24, 2.45) is 0 Å². The van der Waals surface area contributed by atoms with Crippen molar-refractivity contribution in [3.63, 3.8) is 0 Å². The number of rotatable bonds is 5. The summed E-state index contributed by atoms with van der Waals surface area (Å²) in [5, 5.41) is 0. The minimum atomic E-state index is -5.93. The van der Waals surface area contributed by atoms with Crippen LogP contribution < -0.4 is 0 Å². The largest absolute Gasteiger partial charge is 0.485 e. The van der Waals surface area contributed by atoms with Crippen molar-refractivity contribution in [3.8, 4) is 0 Å². The van der Waals surface area contributed by atoms with Crippen molar-refractivity contribution in [3.05, 3.63) is 12.8 Å². The van der Waals surface area contributed by atoms with E-state index in [2.05, 4.69) is 20.7 Å². The molecule has 0 aliphatic carbocycles. The maximum Gasteiger partial charge on any atom is 0.485 e. The van der Waals surface area contributed by atoms with Gasteiger partial charge in [-0.15, -0.1) is 9.56 Å². The Kier molecular flexibility index (Phi) is 4.66. The summed E-state index contributed by atoms with van der Waals surface area (Å²) in [6.07, 6.45) is -10.9. The second-order valence-electron chi connectivity index (χ2n) is 1.68. The highest BCUT2D eigenvalue weighted by Gasteiger charge is 2.61. The second-order valence-corrected chi connectivity index (χ2v) is 2.52. The molecule has 4 nitrogen and oxygen atoms in total. The van der Waals surface area contributed by atoms with E-state index in [0.717, 1.165) is 0 Å². The van der Waals surface area contributed by atoms with Crippen LogP contribution in [0, 0.1) is 0 Å². The third kappa shape index (κ3) is 4.14. The molecule has 0 fully saturated rings. The van der Waals surface area contributed by atoms with E-state index in [1.807, 2.05) is 0 Å². The molecule has 1 N–H and O–H groups in total. The molecule has 84 valence electrons. The second kappa shape index (κ2) is 4.83. The Hall–Kier alpha value is -0.500. The van der Waals surface area contributed by atoms with E-state index in [0.29, 0.717) is 6.26 Å². The lowest BCUT2D eigenvalue weighted by Gasteiger charge is -2.18. The maximum absolute atomic E-state index is 11.9. The van der Waals surface area contributed by atoms with Crippen LogP contribution in [0.2, 0.25) is 0 Å². The van der Waals surface area contributed by atoms with Gasteiger partial charge in [0.05, 0.1) is 6.26 Å². The molecule has 0 aliphatic rings. The molecule has 1 atom stereocenters. The molecule has 10 heteroatoms. The number of hydrogen-bond donors (Lipinski definition) is 1. The molecule has 1 unspecified atom stereocenters. The first-order valence-electron chi connectivity index (χ1n) is 2.77. The summed E-state index contributed by atoms with van der Waals surface area (Å²) in [7, 11) is -3.01. The monoisotopic (exact) mass is 242 g/mol. The van der Waals surface area contributed by atoms with Gasteiger partial charge in [0.25, 0.3) is 0 Å². The Morgan fingerprint density at radius 1 is 1.21 bits per heavy atom. The fraction of sp³-hybridized carbons (Fsp3) is 0.500. The van der Waals surface area contributed by atoms with Crippen LogP contribution in [0.4, 0.5) is 22.0 Å². The smallest absolute Gasteiger partial charge is 0.434 e. The van der Waals surface area contributed by atoms with Crippen molar-refractivity contribution >= 4 is 8.60 Å². The summed E-state index contributed by atoms with van der Waals surface area (Å²) in [6, 6.07) is 0. The normalized spacial score (nSPS) is 15.0. The van der Waals surface area contributed by atoms with Crippen molar-refractivity contribution < 1.29 is 40.9 Å². The fourth-order valence-corrected chi connectivity index (χ4v) is 0.527. The lowest BCUT2D eigenvalue weighted by atomic mass is 10.6. The van der Waals surface area contributed by atoms with Crippen molar-refractivity contribution in [2.45, 2.75) is 12.3 Å². The molecule has 0 saturated carbocycles. The van der Waals surface area contributed by atoms with Crippen LogP contribution in [-0.2, 0) is 14.1 Å². The van der Waals surface area contributed by atoms with Crippen LogP contribution in [0.15, 0.2) is 12.8 Å². The van der Waals surface area contributed by atoms with Gasteiger partial charge in [-0.3, -0.25) is 0 Å². The molecule has 0 aromatic rings. The SMILES string of the molecule is C=COP(O)OOC(F)(F)C(F)(F)F. The molecule has 0 spiro atoms. The van der Waals surface area contributed by atoms with E-state index in [9.17, 15) is 22.0 Å². The predicted octanol–water partition coefficient (Wildman–Crippen LogP) is 2.47. The van der Waals surface area contributed by atoms with Gasteiger partial charge in [-0.1, -0.05) is 6.58 Å². The predicted molar refractivity (Wildman–Crippen MR) is 33.6 cm³/mol. The van der Waals surface area contributed by atoms with Crippen LogP contribution >= 0.6 is 8.60 Å². The van der Waals surface area contributed by atoms with Gasteiger partial charge in [-0.25, -0.2) is 0 Å². The van der Waals surface area contributed by atoms with Gasteiger partial charge >= 0.3 is 20.9 Å². The van der Waals surface area contributed by atoms with E-state index < -0.39 is 20.9 Å². The van der Waals surface area contributed by atoms with E-state index in [1.165, 1.54) is 0 Å². The van der Waals surface area contributed by atoms with E-state index in [-0.39, 0.29) is 0 Å². The van der Waals surface area contributed by atoms with Crippen molar-refractivity contribution in [2.75, 3.05) is 0 Å². The number of halogens is 5. The average molecular weight is 242 g/mol. The van der Waals surface area contributed by atoms with Gasteiger partial charge in [0.1, 0.15) is 0 Å². The zero-order valence-corrected chi connectivity index (χ0v) is 7.19. The maximum atomic E-state index is 11.9. The van der Waals surface area contributed by atoms with Crippen molar-refractivity contribution in [1.82, 2.24) is 0 Å². The van der Waals surface area contributed by atoms with Crippen LogP contribution in [0.25, 0.3) is 0 Å². The molecular weight excluding hydrogens is 238 g/mol. The Balaban J connectivity index is 4.05. The Morgan fingerprint density at radius 3 is 2.07 bits per heavy atom. The van der Waals surface area contributed by atoms with Crippen LogP contribution in [0.5, 0.6) is 0 Å². The summed E-state index contributed by atoms with van der Waals surface area (Å²) in [6.45, 7) is 2.88. The van der Waals surface area contributed by atoms with Gasteiger partial charge in [-0.05, 0) is 0 Å². The van der Waals surface area contributed by atoms with Gasteiger partial charge in [0.2, 0.25) is 0 Å². The molecule has 0 rings (SSSR count). The molecule has 0 aromatic heterocycles. The first kappa shape index (κ1) is 13.5. The van der Waals surface area contributed by atoms with Gasteiger partial charge in [0.15, 0.2) is 0 Å². The summed E-state index contributed by atoms with van der Waals surface area (Å²) in [5.74, 6) is 0. The quantitative estimate of drug-likeness (QED) is 0.264. The zero-order valence-electron chi connectivity index (χ0n) is 6.29. The van der Waals surface area contributed by atoms with E-state index in [1.54, 1.807) is 0 Å². The minimum absolute atomic E-state index is 0.584. The standard InChI is InChI=1S/C4H4F5O4P/c1-2-11-14(10)13-12-4(8,9)3(5,6)7/h2,10H,1H2. The third-order valence-electron chi connectivity index (χ3n) is 0.700. The van der Waals surface area contributed by atoms with Gasteiger partial charge < -0.3 is 9.42 Å². The topological polar surface area (TPSA) is 47.9 Å². The van der Waals surface area contributed by atoms with Crippen LogP contribution in [-0.4, -0.2) is 17.2 Å². The van der Waals surface area contributed by atoms with Crippen LogP contribution in [0.3, 0.4) is 0 Å². The molecule has 0 saturated heterocycles. The lowest BCUT2D eigenvalue weighted by Crippen LogP contribution is -2.38. The molecule has 0 radical (unpaired) electrons. The Labute approximate surface area is 75.8 Å². The summed E-state index contributed by atoms with van der Waals surface area (Å²) in [5.41, 5.74) is 0. The van der Waals surface area contributed by atoms with E-state index in [4.69, 9.17) is 4.89 Å². The molecule has 0 bridgehead atoms. The molecule has 0 aliphatic heterocycles. The third-order valence-corrected chi connectivity index (χ3v) is 1.23. The number of alkyl halides is 5. The van der Waals surface area contributed by atoms with Gasteiger partial charge in [0, 0.05) is 0 Å². The summed E-state index contributed by atoms with van der Waals surface area (Å²) < 4.78 is 65.0. The molecular formula is C4H4F5O4P. The summed E-state index contributed by atoms with van der Waals surface area (Å²) >= 11 is 0. The number of hydrogen-bond acceptors (Lipinski definition) is 4. The fourth-order valence-electron chi connectivity index (χ4n) is 0.207. The van der Waals surface area contributed by atoms with E-state index >= 15 is 0 Å². The highest BCUT2D eigenvalue weighted by molar-refractivity contribution is 7.40. The first-order valence-corrected chi connectivity index (χ1v) is 3.91. The average Bonchev–Trinajstić information content (AvgIpc) is 1.99. The van der Waals surface area contributed by atoms with Crippen LogP contribution in [0.1, 0.15) is 0 Å². The molecule has 0 amide bonds. The van der Waals surface area contributed by atoms with Gasteiger partial charge in [-0.2, -0.15) is 22.0 Å². The highest BCUT2D eigenvalue weighted by atomic mass is 31.2. The zero-order chi connectivity index (χ0) is 11.4. The van der Waals surface area contributed by atoms with Crippen molar-refractivity contribution in [1.29, 1.82) is 0 Å². The molecule has 0 heterocycles. The minimum Gasteiger partial charge on any atom is -0.434 e.